The molecular weight excluding hydrogens is 425 g/mol. The molecule has 0 aliphatic heterocycles. The minimum Gasteiger partial charge on any atom is -0.380 e. The second-order valence-corrected chi connectivity index (χ2v) is 7.09. The monoisotopic (exact) mass is 443 g/mol. The number of anilines is 1. The van der Waals surface area contributed by atoms with Crippen LogP contribution in [-0.4, -0.2) is 36.6 Å². The van der Waals surface area contributed by atoms with Gasteiger partial charge in [0.2, 0.25) is 5.95 Å². The molecule has 2 heterocycles. The van der Waals surface area contributed by atoms with Gasteiger partial charge in [0.1, 0.15) is 18.2 Å². The average Bonchev–Trinajstić information content (AvgIpc) is 2.88. The predicted octanol–water partition coefficient (Wildman–Crippen LogP) is 3.17. The van der Waals surface area contributed by atoms with Crippen molar-refractivity contribution in [1.82, 2.24) is 19.9 Å². The van der Waals surface area contributed by atoms with Crippen LogP contribution in [0.5, 0.6) is 0 Å². The van der Waals surface area contributed by atoms with E-state index in [0.29, 0.717) is 12.5 Å². The van der Waals surface area contributed by atoms with Crippen molar-refractivity contribution in [2.24, 2.45) is 0 Å². The second-order valence-electron chi connectivity index (χ2n) is 7.09. The van der Waals surface area contributed by atoms with Crippen LogP contribution in [0.4, 0.5) is 10.3 Å². The SMILES string of the molecule is O=C(c1cnc(NCc2cncnc2)nc1)c1ccc(F)c(C(O)C(=O)c2ccccc2)c1. The van der Waals surface area contributed by atoms with E-state index in [1.165, 1.54) is 43.0 Å². The molecule has 1 unspecified atom stereocenters. The molecule has 4 rings (SSSR count). The van der Waals surface area contributed by atoms with Gasteiger partial charge in [-0.05, 0) is 18.2 Å². The van der Waals surface area contributed by atoms with Gasteiger partial charge in [-0.25, -0.2) is 24.3 Å². The lowest BCUT2D eigenvalue weighted by atomic mass is 9.96. The van der Waals surface area contributed by atoms with Gasteiger partial charge < -0.3 is 10.4 Å². The highest BCUT2D eigenvalue weighted by Crippen LogP contribution is 2.24. The van der Waals surface area contributed by atoms with E-state index >= 15 is 0 Å². The highest BCUT2D eigenvalue weighted by atomic mass is 19.1. The normalized spacial score (nSPS) is 11.6. The number of ketones is 2. The lowest BCUT2D eigenvalue weighted by Gasteiger charge is -2.12. The Morgan fingerprint density at radius 2 is 1.61 bits per heavy atom. The topological polar surface area (TPSA) is 118 Å². The Bertz CT molecular complexity index is 1270. The van der Waals surface area contributed by atoms with E-state index in [1.807, 2.05) is 0 Å². The number of hydrogen-bond donors (Lipinski definition) is 2. The Kier molecular flexibility index (Phi) is 6.51. The van der Waals surface area contributed by atoms with Gasteiger partial charge in [0.25, 0.3) is 0 Å². The molecule has 9 heteroatoms. The first kappa shape index (κ1) is 21.8. The van der Waals surface area contributed by atoms with Gasteiger partial charge in [-0.15, -0.1) is 0 Å². The fourth-order valence-corrected chi connectivity index (χ4v) is 3.10. The Balaban J connectivity index is 1.49. The van der Waals surface area contributed by atoms with Crippen molar-refractivity contribution in [3.63, 3.8) is 0 Å². The maximum atomic E-state index is 14.4. The molecule has 0 amide bonds. The first-order valence-electron chi connectivity index (χ1n) is 9.94. The zero-order valence-corrected chi connectivity index (χ0v) is 17.2. The molecule has 0 spiro atoms. The van der Waals surface area contributed by atoms with Gasteiger partial charge in [-0.2, -0.15) is 0 Å². The third kappa shape index (κ3) is 5.10. The molecule has 0 saturated carbocycles. The van der Waals surface area contributed by atoms with E-state index in [1.54, 1.807) is 30.6 Å². The highest BCUT2D eigenvalue weighted by molar-refractivity contribution is 6.09. The molecule has 1 atom stereocenters. The number of nitrogens with one attached hydrogen (secondary N) is 1. The zero-order valence-electron chi connectivity index (χ0n) is 17.2. The van der Waals surface area contributed by atoms with Crippen LogP contribution in [0.3, 0.4) is 0 Å². The van der Waals surface area contributed by atoms with Crippen LogP contribution in [0.15, 0.2) is 79.6 Å². The van der Waals surface area contributed by atoms with E-state index in [4.69, 9.17) is 0 Å². The summed E-state index contributed by atoms with van der Waals surface area (Å²) in [6.07, 6.45) is 5.67. The summed E-state index contributed by atoms with van der Waals surface area (Å²) < 4.78 is 14.4. The van der Waals surface area contributed by atoms with Gasteiger partial charge in [0, 0.05) is 53.6 Å². The standard InChI is InChI=1S/C24H18FN5O3/c25-20-7-6-17(8-19(20)23(33)22(32)16-4-2-1-3-5-16)21(31)18-12-29-24(30-13-18)28-11-15-9-26-14-27-10-15/h1-10,12-14,23,33H,11H2,(H,28,29,30). The molecule has 0 aliphatic rings. The number of hydrogen-bond acceptors (Lipinski definition) is 8. The smallest absolute Gasteiger partial charge is 0.222 e. The molecule has 0 radical (unpaired) electrons. The van der Waals surface area contributed by atoms with Crippen LogP contribution >= 0.6 is 0 Å². The summed E-state index contributed by atoms with van der Waals surface area (Å²) in [6.45, 7) is 0.406. The van der Waals surface area contributed by atoms with E-state index in [9.17, 15) is 19.1 Å². The molecule has 2 N–H and O–H groups in total. The largest absolute Gasteiger partial charge is 0.380 e. The van der Waals surface area contributed by atoms with Gasteiger partial charge in [0.15, 0.2) is 11.6 Å². The van der Waals surface area contributed by atoms with Gasteiger partial charge in [-0.3, -0.25) is 9.59 Å². The summed E-state index contributed by atoms with van der Waals surface area (Å²) in [7, 11) is 0. The zero-order chi connectivity index (χ0) is 23.2. The lowest BCUT2D eigenvalue weighted by molar-refractivity contribution is 0.0739. The number of aliphatic hydroxyl groups excluding tert-OH is 1. The van der Waals surface area contributed by atoms with Crippen molar-refractivity contribution >= 4 is 17.5 Å². The quantitative estimate of drug-likeness (QED) is 0.399. The fraction of sp³-hybridized carbons (Fsp3) is 0.0833. The van der Waals surface area contributed by atoms with Crippen molar-refractivity contribution in [2.45, 2.75) is 12.6 Å². The van der Waals surface area contributed by atoms with Crippen molar-refractivity contribution in [3.8, 4) is 0 Å². The fourth-order valence-electron chi connectivity index (χ4n) is 3.10. The summed E-state index contributed by atoms with van der Waals surface area (Å²) >= 11 is 0. The number of carbonyl (C=O) groups excluding carboxylic acids is 2. The van der Waals surface area contributed by atoms with Crippen LogP contribution in [-0.2, 0) is 6.54 Å². The molecule has 0 bridgehead atoms. The van der Waals surface area contributed by atoms with Crippen molar-refractivity contribution in [3.05, 3.63) is 113 Å². The molecule has 0 aliphatic carbocycles. The van der Waals surface area contributed by atoms with E-state index in [0.717, 1.165) is 11.6 Å². The van der Waals surface area contributed by atoms with Crippen LogP contribution < -0.4 is 5.32 Å². The summed E-state index contributed by atoms with van der Waals surface area (Å²) in [6, 6.07) is 11.6. The first-order valence-corrected chi connectivity index (χ1v) is 9.94. The third-order valence-electron chi connectivity index (χ3n) is 4.84. The molecule has 164 valence electrons. The van der Waals surface area contributed by atoms with Gasteiger partial charge >= 0.3 is 0 Å². The number of halogens is 1. The van der Waals surface area contributed by atoms with Crippen LogP contribution in [0, 0.1) is 5.82 Å². The maximum Gasteiger partial charge on any atom is 0.222 e. The summed E-state index contributed by atoms with van der Waals surface area (Å²) in [4.78, 5) is 41.5. The second kappa shape index (κ2) is 9.84. The van der Waals surface area contributed by atoms with Gasteiger partial charge in [-0.1, -0.05) is 30.3 Å². The Morgan fingerprint density at radius 3 is 2.30 bits per heavy atom. The Hall–Kier alpha value is -4.37. The number of rotatable bonds is 8. The first-order chi connectivity index (χ1) is 16.0. The third-order valence-corrected chi connectivity index (χ3v) is 4.84. The van der Waals surface area contributed by atoms with Crippen LogP contribution in [0.1, 0.15) is 43.5 Å². The Labute approximate surface area is 188 Å². The molecule has 0 saturated heterocycles. The molecule has 2 aromatic carbocycles. The number of aromatic nitrogens is 4. The number of benzene rings is 2. The number of nitrogens with zero attached hydrogens (tertiary/aromatic N) is 4. The van der Waals surface area contributed by atoms with Crippen LogP contribution in [0.2, 0.25) is 0 Å². The van der Waals surface area contributed by atoms with E-state index in [-0.39, 0.29) is 22.3 Å². The minimum absolute atomic E-state index is 0.0945. The average molecular weight is 443 g/mol. The summed E-state index contributed by atoms with van der Waals surface area (Å²) in [5.74, 6) is -1.62. The van der Waals surface area contributed by atoms with Crippen LogP contribution in [0.25, 0.3) is 0 Å². The summed E-state index contributed by atoms with van der Waals surface area (Å²) in [5, 5.41) is 13.4. The van der Waals surface area contributed by atoms with Crippen molar-refractivity contribution in [2.75, 3.05) is 5.32 Å². The number of Topliss-reactive ketones (excluding diaryl/α,β-unsaturated/α-hetero) is 1. The molecule has 8 nitrogen and oxygen atoms in total. The van der Waals surface area contributed by atoms with Gasteiger partial charge in [0.05, 0.1) is 5.56 Å². The van der Waals surface area contributed by atoms with E-state index in [2.05, 4.69) is 25.3 Å². The molecular formula is C24H18FN5O3. The number of aliphatic hydroxyl groups is 1. The molecule has 4 aromatic rings. The molecule has 33 heavy (non-hydrogen) atoms. The predicted molar refractivity (Wildman–Crippen MR) is 117 cm³/mol. The van der Waals surface area contributed by atoms with Crippen molar-refractivity contribution in [1.29, 1.82) is 0 Å². The maximum absolute atomic E-state index is 14.4. The van der Waals surface area contributed by atoms with E-state index < -0.39 is 23.5 Å². The minimum atomic E-state index is -1.75. The summed E-state index contributed by atoms with van der Waals surface area (Å²) in [5.41, 5.74) is 1.06. The lowest BCUT2D eigenvalue weighted by Crippen LogP contribution is -2.15. The van der Waals surface area contributed by atoms with Crippen molar-refractivity contribution < 1.29 is 19.1 Å². The molecule has 2 aromatic heterocycles. The number of carbonyl (C=O) groups is 2. The molecule has 0 fully saturated rings. The highest BCUT2D eigenvalue weighted by Gasteiger charge is 2.24. The Morgan fingerprint density at radius 1 is 0.909 bits per heavy atom.